The number of aliphatic hydroxyl groups is 1. The van der Waals surface area contributed by atoms with Gasteiger partial charge in [-0.25, -0.2) is 0 Å². The highest BCUT2D eigenvalue weighted by Crippen LogP contribution is 2.20. The molecule has 0 saturated carbocycles. The summed E-state index contributed by atoms with van der Waals surface area (Å²) in [4.78, 5) is 11.5. The van der Waals surface area contributed by atoms with Crippen LogP contribution in [-0.4, -0.2) is 37.9 Å². The fourth-order valence-corrected chi connectivity index (χ4v) is 1.36. The Hall–Kier alpha value is -0.610. The van der Waals surface area contributed by atoms with Gasteiger partial charge >= 0.3 is 0 Å². The van der Waals surface area contributed by atoms with Crippen LogP contribution in [-0.2, 0) is 9.53 Å². The summed E-state index contributed by atoms with van der Waals surface area (Å²) in [6, 6.07) is 0. The number of amides is 1. The van der Waals surface area contributed by atoms with Gasteiger partial charge in [-0.2, -0.15) is 0 Å². The maximum atomic E-state index is 11.5. The van der Waals surface area contributed by atoms with Crippen molar-refractivity contribution in [1.82, 2.24) is 5.32 Å². The molecule has 0 bridgehead atoms. The lowest BCUT2D eigenvalue weighted by Gasteiger charge is -2.21. The standard InChI is InChI=1S/C12H25NO3/c1-10(8-16-4)11(15)13-7-5-6-12(2,3)9-14/h10,14H,5-9H2,1-4H3,(H,13,15). The van der Waals surface area contributed by atoms with Crippen molar-refractivity contribution in [2.45, 2.75) is 33.6 Å². The highest BCUT2D eigenvalue weighted by molar-refractivity contribution is 5.78. The molecule has 16 heavy (non-hydrogen) atoms. The van der Waals surface area contributed by atoms with Crippen LogP contribution in [0.5, 0.6) is 0 Å². The summed E-state index contributed by atoms with van der Waals surface area (Å²) in [7, 11) is 1.59. The van der Waals surface area contributed by atoms with Crippen LogP contribution in [0.2, 0.25) is 0 Å². The molecule has 0 heterocycles. The molecule has 2 N–H and O–H groups in total. The number of hydrogen-bond donors (Lipinski definition) is 2. The third kappa shape index (κ3) is 6.80. The summed E-state index contributed by atoms with van der Waals surface area (Å²) in [6.45, 7) is 7.17. The maximum absolute atomic E-state index is 11.5. The molecule has 0 aromatic rings. The average molecular weight is 231 g/mol. The van der Waals surface area contributed by atoms with E-state index >= 15 is 0 Å². The molecule has 0 fully saturated rings. The van der Waals surface area contributed by atoms with E-state index in [2.05, 4.69) is 5.32 Å². The van der Waals surface area contributed by atoms with Gasteiger partial charge in [0.05, 0.1) is 12.5 Å². The van der Waals surface area contributed by atoms with Gasteiger partial charge in [0.15, 0.2) is 0 Å². The second-order valence-electron chi connectivity index (χ2n) is 5.07. The Balaban J connectivity index is 3.63. The minimum absolute atomic E-state index is 0.0312. The first-order chi connectivity index (χ1) is 7.43. The van der Waals surface area contributed by atoms with Crippen molar-refractivity contribution in [1.29, 1.82) is 0 Å². The molecule has 4 heteroatoms. The SMILES string of the molecule is COCC(C)C(=O)NCCCC(C)(C)CO. The van der Waals surface area contributed by atoms with Crippen LogP contribution < -0.4 is 5.32 Å². The van der Waals surface area contributed by atoms with Crippen LogP contribution in [0.25, 0.3) is 0 Å². The molecule has 0 aliphatic rings. The maximum Gasteiger partial charge on any atom is 0.225 e. The summed E-state index contributed by atoms with van der Waals surface area (Å²) in [5, 5.41) is 11.9. The van der Waals surface area contributed by atoms with Gasteiger partial charge in [-0.3, -0.25) is 4.79 Å². The molecule has 0 spiro atoms. The predicted octanol–water partition coefficient (Wildman–Crippen LogP) is 1.18. The van der Waals surface area contributed by atoms with Crippen molar-refractivity contribution in [2.24, 2.45) is 11.3 Å². The van der Waals surface area contributed by atoms with Crippen molar-refractivity contribution >= 4 is 5.91 Å². The van der Waals surface area contributed by atoms with E-state index in [1.54, 1.807) is 7.11 Å². The van der Waals surface area contributed by atoms with Gasteiger partial charge in [0, 0.05) is 20.3 Å². The average Bonchev–Trinajstić information content (AvgIpc) is 2.24. The Morgan fingerprint density at radius 2 is 2.12 bits per heavy atom. The van der Waals surface area contributed by atoms with Gasteiger partial charge in [-0.15, -0.1) is 0 Å². The quantitative estimate of drug-likeness (QED) is 0.617. The molecule has 0 aliphatic heterocycles. The summed E-state index contributed by atoms with van der Waals surface area (Å²) < 4.78 is 4.91. The minimum atomic E-state index is -0.101. The number of carbonyl (C=O) groups is 1. The normalized spacial score (nSPS) is 13.6. The van der Waals surface area contributed by atoms with Crippen LogP contribution in [0, 0.1) is 11.3 Å². The molecule has 0 aliphatic carbocycles. The van der Waals surface area contributed by atoms with Gasteiger partial charge in [0.2, 0.25) is 5.91 Å². The van der Waals surface area contributed by atoms with Crippen LogP contribution in [0.1, 0.15) is 33.6 Å². The Bertz CT molecular complexity index is 204. The fraction of sp³-hybridized carbons (Fsp3) is 0.917. The Morgan fingerprint density at radius 1 is 1.50 bits per heavy atom. The van der Waals surface area contributed by atoms with Crippen LogP contribution >= 0.6 is 0 Å². The Labute approximate surface area is 98.4 Å². The topological polar surface area (TPSA) is 58.6 Å². The van der Waals surface area contributed by atoms with Crippen LogP contribution in [0.4, 0.5) is 0 Å². The lowest BCUT2D eigenvalue weighted by molar-refractivity contribution is -0.126. The molecule has 1 amide bonds. The van der Waals surface area contributed by atoms with E-state index in [4.69, 9.17) is 9.84 Å². The number of methoxy groups -OCH3 is 1. The molecule has 96 valence electrons. The smallest absolute Gasteiger partial charge is 0.225 e. The first-order valence-electron chi connectivity index (χ1n) is 5.80. The van der Waals surface area contributed by atoms with Crippen molar-refractivity contribution in [3.63, 3.8) is 0 Å². The van der Waals surface area contributed by atoms with Gasteiger partial charge in [0.25, 0.3) is 0 Å². The molecule has 0 saturated heterocycles. The van der Waals surface area contributed by atoms with Gasteiger partial charge in [-0.05, 0) is 18.3 Å². The van der Waals surface area contributed by atoms with Crippen LogP contribution in [0.15, 0.2) is 0 Å². The number of carbonyl (C=O) groups excluding carboxylic acids is 1. The highest BCUT2D eigenvalue weighted by Gasteiger charge is 2.16. The monoisotopic (exact) mass is 231 g/mol. The van der Waals surface area contributed by atoms with Gasteiger partial charge < -0.3 is 15.2 Å². The van der Waals surface area contributed by atoms with E-state index in [1.165, 1.54) is 0 Å². The Kier molecular flexibility index (Phi) is 7.34. The molecule has 0 rings (SSSR count). The number of ether oxygens (including phenoxy) is 1. The number of nitrogens with one attached hydrogen (secondary N) is 1. The van der Waals surface area contributed by atoms with Crippen molar-refractivity contribution in [3.8, 4) is 0 Å². The second kappa shape index (κ2) is 7.63. The molecule has 0 radical (unpaired) electrons. The highest BCUT2D eigenvalue weighted by atomic mass is 16.5. The van der Waals surface area contributed by atoms with Crippen molar-refractivity contribution in [2.75, 3.05) is 26.9 Å². The zero-order chi connectivity index (χ0) is 12.6. The third-order valence-electron chi connectivity index (χ3n) is 2.62. The number of hydrogen-bond acceptors (Lipinski definition) is 3. The molecular formula is C12H25NO3. The molecule has 1 atom stereocenters. The first kappa shape index (κ1) is 15.4. The van der Waals surface area contributed by atoms with Crippen LogP contribution in [0.3, 0.4) is 0 Å². The second-order valence-corrected chi connectivity index (χ2v) is 5.07. The zero-order valence-corrected chi connectivity index (χ0v) is 10.9. The van der Waals surface area contributed by atoms with E-state index < -0.39 is 0 Å². The molecule has 0 aromatic heterocycles. The van der Waals surface area contributed by atoms with E-state index in [-0.39, 0.29) is 23.8 Å². The lowest BCUT2D eigenvalue weighted by Crippen LogP contribution is -2.32. The predicted molar refractivity (Wildman–Crippen MR) is 64.2 cm³/mol. The lowest BCUT2D eigenvalue weighted by atomic mass is 9.89. The molecule has 0 aromatic carbocycles. The minimum Gasteiger partial charge on any atom is -0.396 e. The summed E-state index contributed by atoms with van der Waals surface area (Å²) in [5.74, 6) is -0.0699. The van der Waals surface area contributed by atoms with E-state index in [9.17, 15) is 4.79 Å². The zero-order valence-electron chi connectivity index (χ0n) is 10.9. The van der Waals surface area contributed by atoms with E-state index in [0.29, 0.717) is 13.2 Å². The van der Waals surface area contributed by atoms with Gasteiger partial charge in [-0.1, -0.05) is 20.8 Å². The van der Waals surface area contributed by atoms with Gasteiger partial charge in [0.1, 0.15) is 0 Å². The molecular weight excluding hydrogens is 206 g/mol. The largest absolute Gasteiger partial charge is 0.396 e. The van der Waals surface area contributed by atoms with Crippen molar-refractivity contribution in [3.05, 3.63) is 0 Å². The first-order valence-corrected chi connectivity index (χ1v) is 5.80. The fourth-order valence-electron chi connectivity index (χ4n) is 1.36. The summed E-state index contributed by atoms with van der Waals surface area (Å²) in [5.41, 5.74) is -0.0527. The molecule has 1 unspecified atom stereocenters. The third-order valence-corrected chi connectivity index (χ3v) is 2.62. The van der Waals surface area contributed by atoms with E-state index in [1.807, 2.05) is 20.8 Å². The Morgan fingerprint density at radius 3 is 2.62 bits per heavy atom. The number of rotatable bonds is 8. The summed E-state index contributed by atoms with van der Waals surface area (Å²) in [6.07, 6.45) is 1.79. The number of aliphatic hydroxyl groups excluding tert-OH is 1. The van der Waals surface area contributed by atoms with Crippen molar-refractivity contribution < 1.29 is 14.6 Å². The molecule has 4 nitrogen and oxygen atoms in total. The van der Waals surface area contributed by atoms with E-state index in [0.717, 1.165) is 12.8 Å². The summed E-state index contributed by atoms with van der Waals surface area (Å²) >= 11 is 0.